The average molecular weight is 362 g/mol. The van der Waals surface area contributed by atoms with Crippen LogP contribution in [0.25, 0.3) is 0 Å². The van der Waals surface area contributed by atoms with Gasteiger partial charge in [-0.25, -0.2) is 0 Å². The second-order valence-electron chi connectivity index (χ2n) is 7.18. The Balaban J connectivity index is 2.51. The van der Waals surface area contributed by atoms with Crippen LogP contribution in [0.1, 0.15) is 96.5 Å². The monoisotopic (exact) mass is 361 g/mol. The molecular weight excluding hydrogens is 322 g/mol. The zero-order chi connectivity index (χ0) is 18.9. The SMILES string of the molecule is CCCCCCCCN(CCCCCCCC)C(=NO)c1ccncc1. The Morgan fingerprint density at radius 3 is 1.73 bits per heavy atom. The highest BCUT2D eigenvalue weighted by Crippen LogP contribution is 2.12. The number of amidine groups is 1. The molecule has 0 aliphatic rings. The number of unbranched alkanes of at least 4 members (excludes halogenated alkanes) is 10. The fraction of sp³-hybridized carbons (Fsp3) is 0.727. The predicted octanol–water partition coefficient (Wildman–Crippen LogP) is 6.24. The molecule has 0 spiro atoms. The highest BCUT2D eigenvalue weighted by Gasteiger charge is 2.14. The number of rotatable bonds is 15. The van der Waals surface area contributed by atoms with Crippen LogP contribution in [0, 0.1) is 0 Å². The molecule has 4 heteroatoms. The van der Waals surface area contributed by atoms with Gasteiger partial charge in [-0.1, -0.05) is 83.2 Å². The van der Waals surface area contributed by atoms with E-state index < -0.39 is 0 Å². The quantitative estimate of drug-likeness (QED) is 0.132. The van der Waals surface area contributed by atoms with Gasteiger partial charge in [0.1, 0.15) is 0 Å². The summed E-state index contributed by atoms with van der Waals surface area (Å²) in [4.78, 5) is 6.33. The molecule has 1 N–H and O–H groups in total. The highest BCUT2D eigenvalue weighted by atomic mass is 16.4. The van der Waals surface area contributed by atoms with Crippen LogP contribution in [-0.2, 0) is 0 Å². The van der Waals surface area contributed by atoms with Crippen LogP contribution in [0.2, 0.25) is 0 Å². The molecule has 0 aromatic carbocycles. The van der Waals surface area contributed by atoms with Gasteiger partial charge in [-0.05, 0) is 25.0 Å². The van der Waals surface area contributed by atoms with Gasteiger partial charge >= 0.3 is 0 Å². The molecule has 0 saturated heterocycles. The molecule has 0 aliphatic carbocycles. The number of hydrogen-bond donors (Lipinski definition) is 1. The van der Waals surface area contributed by atoms with E-state index in [1.807, 2.05) is 12.1 Å². The molecule has 1 aromatic heterocycles. The molecule has 0 fully saturated rings. The van der Waals surface area contributed by atoms with Crippen LogP contribution >= 0.6 is 0 Å². The number of hydrogen-bond acceptors (Lipinski definition) is 3. The van der Waals surface area contributed by atoms with Gasteiger partial charge in [0.15, 0.2) is 5.84 Å². The van der Waals surface area contributed by atoms with E-state index in [1.54, 1.807) is 12.4 Å². The van der Waals surface area contributed by atoms with Gasteiger partial charge in [0.2, 0.25) is 0 Å². The third-order valence-corrected chi connectivity index (χ3v) is 4.90. The third-order valence-electron chi connectivity index (χ3n) is 4.90. The number of nitrogens with zero attached hydrogens (tertiary/aromatic N) is 3. The van der Waals surface area contributed by atoms with Crippen molar-refractivity contribution in [1.82, 2.24) is 9.88 Å². The lowest BCUT2D eigenvalue weighted by Crippen LogP contribution is -2.33. The molecule has 0 radical (unpaired) electrons. The van der Waals surface area contributed by atoms with Crippen molar-refractivity contribution in [2.45, 2.75) is 90.9 Å². The summed E-state index contributed by atoms with van der Waals surface area (Å²) in [6.07, 6.45) is 18.8. The summed E-state index contributed by atoms with van der Waals surface area (Å²) < 4.78 is 0. The summed E-state index contributed by atoms with van der Waals surface area (Å²) in [6.45, 7) is 6.42. The van der Waals surface area contributed by atoms with Crippen molar-refractivity contribution in [1.29, 1.82) is 0 Å². The molecule has 1 rings (SSSR count). The largest absolute Gasteiger partial charge is 0.409 e. The van der Waals surface area contributed by atoms with Crippen molar-refractivity contribution in [3.63, 3.8) is 0 Å². The topological polar surface area (TPSA) is 48.7 Å². The minimum Gasteiger partial charge on any atom is -0.409 e. The van der Waals surface area contributed by atoms with Gasteiger partial charge in [0.05, 0.1) is 0 Å². The van der Waals surface area contributed by atoms with E-state index in [4.69, 9.17) is 0 Å². The Bertz CT molecular complexity index is 446. The van der Waals surface area contributed by atoms with Crippen LogP contribution < -0.4 is 0 Å². The zero-order valence-corrected chi connectivity index (χ0v) is 17.0. The molecule has 0 unspecified atom stereocenters. The Morgan fingerprint density at radius 2 is 1.27 bits per heavy atom. The molecule has 0 atom stereocenters. The van der Waals surface area contributed by atoms with Crippen molar-refractivity contribution in [3.05, 3.63) is 30.1 Å². The molecular formula is C22H39N3O. The second kappa shape index (κ2) is 15.7. The molecule has 26 heavy (non-hydrogen) atoms. The van der Waals surface area contributed by atoms with Crippen LogP contribution in [0.3, 0.4) is 0 Å². The van der Waals surface area contributed by atoms with Crippen molar-refractivity contribution < 1.29 is 5.21 Å². The average Bonchev–Trinajstić information content (AvgIpc) is 2.68. The second-order valence-corrected chi connectivity index (χ2v) is 7.18. The van der Waals surface area contributed by atoms with Crippen LogP contribution in [0.15, 0.2) is 29.7 Å². The van der Waals surface area contributed by atoms with E-state index in [0.717, 1.165) is 31.5 Å². The highest BCUT2D eigenvalue weighted by molar-refractivity contribution is 5.98. The molecule has 0 saturated carbocycles. The predicted molar refractivity (Wildman–Crippen MR) is 111 cm³/mol. The first-order valence-corrected chi connectivity index (χ1v) is 10.7. The Kier molecular flexibility index (Phi) is 13.5. The van der Waals surface area contributed by atoms with E-state index in [1.165, 1.54) is 64.2 Å². The zero-order valence-electron chi connectivity index (χ0n) is 17.0. The normalized spacial score (nSPS) is 11.7. The number of pyridine rings is 1. The molecule has 148 valence electrons. The molecule has 4 nitrogen and oxygen atoms in total. The lowest BCUT2D eigenvalue weighted by atomic mass is 10.1. The molecule has 1 heterocycles. The van der Waals surface area contributed by atoms with Crippen molar-refractivity contribution >= 4 is 5.84 Å². The van der Waals surface area contributed by atoms with Gasteiger partial charge in [-0.3, -0.25) is 4.98 Å². The first-order chi connectivity index (χ1) is 12.8. The van der Waals surface area contributed by atoms with Crippen molar-refractivity contribution in [2.24, 2.45) is 5.16 Å². The standard InChI is InChI=1S/C22H39N3O/c1-3-5-7-9-11-13-19-25(20-14-12-10-8-6-4-2)22(24-26)21-15-17-23-18-16-21/h15-18,26H,3-14,19-20H2,1-2H3. The van der Waals surface area contributed by atoms with Gasteiger partial charge < -0.3 is 10.1 Å². The third kappa shape index (κ3) is 9.79. The van der Waals surface area contributed by atoms with Crippen LogP contribution in [0.4, 0.5) is 0 Å². The smallest absolute Gasteiger partial charge is 0.175 e. The maximum atomic E-state index is 9.62. The van der Waals surface area contributed by atoms with E-state index in [-0.39, 0.29) is 0 Å². The first kappa shape index (κ1) is 22.5. The summed E-state index contributed by atoms with van der Waals surface area (Å²) in [5.74, 6) is 0.689. The van der Waals surface area contributed by atoms with E-state index in [0.29, 0.717) is 5.84 Å². The maximum Gasteiger partial charge on any atom is 0.175 e. The number of oxime groups is 1. The Hall–Kier alpha value is -1.58. The maximum absolute atomic E-state index is 9.62. The minimum atomic E-state index is 0.689. The fourth-order valence-electron chi connectivity index (χ4n) is 3.29. The Morgan fingerprint density at radius 1 is 0.808 bits per heavy atom. The molecule has 1 aromatic rings. The minimum absolute atomic E-state index is 0.689. The summed E-state index contributed by atoms with van der Waals surface area (Å²) in [6, 6.07) is 3.84. The van der Waals surface area contributed by atoms with E-state index in [2.05, 4.69) is 28.9 Å². The van der Waals surface area contributed by atoms with Gasteiger partial charge in [-0.15, -0.1) is 0 Å². The molecule has 0 amide bonds. The van der Waals surface area contributed by atoms with Crippen molar-refractivity contribution in [3.8, 4) is 0 Å². The summed E-state index contributed by atoms with van der Waals surface area (Å²) in [7, 11) is 0. The van der Waals surface area contributed by atoms with Crippen molar-refractivity contribution in [2.75, 3.05) is 13.1 Å². The first-order valence-electron chi connectivity index (χ1n) is 10.7. The molecule has 0 bridgehead atoms. The fourth-order valence-corrected chi connectivity index (χ4v) is 3.29. The van der Waals surface area contributed by atoms with Gasteiger partial charge in [0.25, 0.3) is 0 Å². The van der Waals surface area contributed by atoms with Gasteiger partial charge in [-0.2, -0.15) is 0 Å². The summed E-state index contributed by atoms with van der Waals surface area (Å²) in [5, 5.41) is 13.3. The van der Waals surface area contributed by atoms with E-state index in [9.17, 15) is 5.21 Å². The Labute approximate surface area is 160 Å². The number of aromatic nitrogens is 1. The van der Waals surface area contributed by atoms with Crippen LogP contribution in [0.5, 0.6) is 0 Å². The van der Waals surface area contributed by atoms with Crippen LogP contribution in [-0.4, -0.2) is 34.0 Å². The lowest BCUT2D eigenvalue weighted by Gasteiger charge is -2.25. The summed E-state index contributed by atoms with van der Waals surface area (Å²) in [5.41, 5.74) is 0.944. The summed E-state index contributed by atoms with van der Waals surface area (Å²) >= 11 is 0. The van der Waals surface area contributed by atoms with E-state index >= 15 is 0 Å². The lowest BCUT2D eigenvalue weighted by molar-refractivity contribution is 0.296. The van der Waals surface area contributed by atoms with Gasteiger partial charge in [0, 0.05) is 31.0 Å². The molecule has 0 aliphatic heterocycles.